The summed E-state index contributed by atoms with van der Waals surface area (Å²) < 4.78 is 79.3. The Balaban J connectivity index is 1.76. The van der Waals surface area contributed by atoms with Crippen LogP contribution in [0.2, 0.25) is 5.02 Å². The van der Waals surface area contributed by atoms with Crippen molar-refractivity contribution in [1.82, 2.24) is 10.6 Å². The number of carbonyl (C=O) groups excluding carboxylic acids is 2. The number of hydrogen-bond donors (Lipinski definition) is 2. The van der Waals surface area contributed by atoms with Crippen LogP contribution in [0.5, 0.6) is 0 Å². The maximum atomic E-state index is 13.8. The van der Waals surface area contributed by atoms with Crippen molar-refractivity contribution in [2.45, 2.75) is 36.7 Å². The minimum atomic E-state index is -4.61. The van der Waals surface area contributed by atoms with Crippen LogP contribution in [0.25, 0.3) is 6.08 Å². The lowest BCUT2D eigenvalue weighted by Gasteiger charge is -2.19. The van der Waals surface area contributed by atoms with E-state index in [2.05, 4.69) is 53.1 Å². The minimum Gasteiger partial charge on any atom is -0.345 e. The van der Waals surface area contributed by atoms with Crippen LogP contribution >= 0.6 is 59.4 Å². The Bertz CT molecular complexity index is 1220. The molecule has 2 amide bonds. The Morgan fingerprint density at radius 3 is 2.08 bits per heavy atom. The number of allylic oxidation sites excluding steroid dienone is 1. The van der Waals surface area contributed by atoms with Crippen molar-refractivity contribution < 1.29 is 35.9 Å². The predicted octanol–water partition coefficient (Wildman–Crippen LogP) is 7.93. The highest BCUT2D eigenvalue weighted by atomic mass is 79.9. The molecule has 14 heteroatoms. The molecule has 0 heterocycles. The molecule has 2 aromatic carbocycles. The number of halogens is 10. The van der Waals surface area contributed by atoms with E-state index in [0.717, 1.165) is 6.08 Å². The summed E-state index contributed by atoms with van der Waals surface area (Å²) in [6.07, 6.45) is -6.63. The van der Waals surface area contributed by atoms with Crippen molar-refractivity contribution in [3.8, 4) is 0 Å². The predicted molar refractivity (Wildman–Crippen MR) is 137 cm³/mol. The van der Waals surface area contributed by atoms with Gasteiger partial charge in [0.25, 0.3) is 5.91 Å². The van der Waals surface area contributed by atoms with Crippen molar-refractivity contribution in [1.29, 1.82) is 0 Å². The summed E-state index contributed by atoms with van der Waals surface area (Å²) >= 11 is 15.5. The van der Waals surface area contributed by atoms with Gasteiger partial charge in [-0.1, -0.05) is 29.8 Å². The molecule has 0 spiro atoms. The molecule has 200 valence electrons. The number of rotatable bonds is 7. The molecule has 37 heavy (non-hydrogen) atoms. The molecule has 0 aliphatic heterocycles. The molecule has 1 atom stereocenters. The van der Waals surface area contributed by atoms with Gasteiger partial charge >= 0.3 is 12.4 Å². The van der Waals surface area contributed by atoms with Gasteiger partial charge in [0.05, 0.1) is 16.5 Å². The van der Waals surface area contributed by atoms with E-state index in [-0.39, 0.29) is 33.5 Å². The maximum absolute atomic E-state index is 13.8. The minimum absolute atomic E-state index is 0.0551. The van der Waals surface area contributed by atoms with Crippen LogP contribution in [-0.2, 0) is 4.79 Å². The van der Waals surface area contributed by atoms with Crippen LogP contribution < -0.4 is 10.6 Å². The molecule has 0 saturated heterocycles. The summed E-state index contributed by atoms with van der Waals surface area (Å²) in [7, 11) is 0. The zero-order valence-corrected chi connectivity index (χ0v) is 23.9. The summed E-state index contributed by atoms with van der Waals surface area (Å²) in [5.74, 6) is -3.61. The second-order valence-electron chi connectivity index (χ2n) is 8.25. The largest absolute Gasteiger partial charge is 0.405 e. The molecule has 0 radical (unpaired) electrons. The molecule has 0 bridgehead atoms. The van der Waals surface area contributed by atoms with Gasteiger partial charge in [0.2, 0.25) is 5.91 Å². The normalized spacial score (nSPS) is 15.9. The lowest BCUT2D eigenvalue weighted by molar-refractivity contribution is -0.140. The van der Waals surface area contributed by atoms with E-state index in [1.807, 2.05) is 0 Å². The molecular formula is C23H16Br3ClF6N2O2. The number of hydrogen-bond acceptors (Lipinski definition) is 2. The van der Waals surface area contributed by atoms with Gasteiger partial charge in [-0.3, -0.25) is 9.59 Å². The van der Waals surface area contributed by atoms with Gasteiger partial charge in [-0.15, -0.1) is 0 Å². The van der Waals surface area contributed by atoms with E-state index < -0.39 is 42.2 Å². The lowest BCUT2D eigenvalue weighted by Crippen LogP contribution is -2.50. The van der Waals surface area contributed by atoms with Crippen molar-refractivity contribution in [3.63, 3.8) is 0 Å². The van der Waals surface area contributed by atoms with E-state index in [1.165, 1.54) is 36.4 Å². The molecule has 2 aromatic rings. The molecule has 3 rings (SSSR count). The summed E-state index contributed by atoms with van der Waals surface area (Å²) in [6.45, 7) is -1.52. The fraction of sp³-hybridized carbons (Fsp3) is 0.304. The third-order valence-corrected chi connectivity index (χ3v) is 8.19. The lowest BCUT2D eigenvalue weighted by atomic mass is 9.97. The Morgan fingerprint density at radius 1 is 1.00 bits per heavy atom. The van der Waals surface area contributed by atoms with Crippen LogP contribution in [0.15, 0.2) is 49.8 Å². The van der Waals surface area contributed by atoms with Crippen molar-refractivity contribution in [2.75, 3.05) is 6.54 Å². The van der Waals surface area contributed by atoms with Gasteiger partial charge in [-0.05, 0) is 96.0 Å². The van der Waals surface area contributed by atoms with Crippen LogP contribution in [0.1, 0.15) is 40.2 Å². The summed E-state index contributed by atoms with van der Waals surface area (Å²) in [6, 6.07) is 6.70. The topological polar surface area (TPSA) is 58.2 Å². The first-order chi connectivity index (χ1) is 17.0. The number of carbonyl (C=O) groups is 2. The first-order valence-electron chi connectivity index (χ1n) is 10.4. The fourth-order valence-corrected chi connectivity index (χ4v) is 5.27. The summed E-state index contributed by atoms with van der Waals surface area (Å²) in [5.41, 5.74) is -1.08. The molecule has 0 aromatic heterocycles. The molecule has 2 N–H and O–H groups in total. The third kappa shape index (κ3) is 7.73. The van der Waals surface area contributed by atoms with E-state index in [9.17, 15) is 35.9 Å². The molecule has 1 fully saturated rings. The molecule has 1 aliphatic carbocycles. The van der Waals surface area contributed by atoms with Gasteiger partial charge < -0.3 is 10.6 Å². The SMILES string of the molecule is O=C(NC1(C(=O)NCC(F)(F)F)CC1)c1ccc(C=CC(c2cc(Br)c(Cl)c(Br)c2)C(F)(F)F)cc1Br. The molecule has 1 aliphatic rings. The average Bonchev–Trinajstić information content (AvgIpc) is 3.55. The first kappa shape index (κ1) is 30.0. The summed E-state index contributed by atoms with van der Waals surface area (Å²) in [4.78, 5) is 24.8. The van der Waals surface area contributed by atoms with Crippen LogP contribution in [0, 0.1) is 0 Å². The third-order valence-electron chi connectivity index (χ3n) is 5.42. The smallest absolute Gasteiger partial charge is 0.345 e. The van der Waals surface area contributed by atoms with E-state index in [0.29, 0.717) is 14.5 Å². The standard InChI is InChI=1S/C23H16Br3ClF6N2O2/c24-15-7-11(2-4-14(23(31,32)33)12-8-16(25)18(27)17(26)9-12)1-3-13(15)19(36)35-21(5-6-21)20(37)34-10-22(28,29)30/h1-4,7-9,14H,5-6,10H2,(H,34,37)(H,35,36). The Morgan fingerprint density at radius 2 is 1.59 bits per heavy atom. The number of alkyl halides is 6. The number of benzene rings is 2. The van der Waals surface area contributed by atoms with Crippen LogP contribution in [-0.4, -0.2) is 36.3 Å². The quantitative estimate of drug-likeness (QED) is 0.224. The van der Waals surface area contributed by atoms with Crippen LogP contribution in [0.4, 0.5) is 26.3 Å². The Kier molecular flexibility index (Phi) is 9.13. The number of amides is 2. The molecule has 1 unspecified atom stereocenters. The van der Waals surface area contributed by atoms with Gasteiger partial charge in [0, 0.05) is 13.4 Å². The van der Waals surface area contributed by atoms with Gasteiger partial charge in [0.15, 0.2) is 0 Å². The fourth-order valence-electron chi connectivity index (χ4n) is 3.36. The molecular weight excluding hydrogens is 725 g/mol. The van der Waals surface area contributed by atoms with Crippen molar-refractivity contribution in [2.24, 2.45) is 0 Å². The van der Waals surface area contributed by atoms with E-state index >= 15 is 0 Å². The van der Waals surface area contributed by atoms with E-state index in [1.54, 1.807) is 5.32 Å². The van der Waals surface area contributed by atoms with Gasteiger partial charge in [0.1, 0.15) is 12.1 Å². The highest BCUT2D eigenvalue weighted by Crippen LogP contribution is 2.41. The monoisotopic (exact) mass is 738 g/mol. The zero-order valence-electron chi connectivity index (χ0n) is 18.3. The van der Waals surface area contributed by atoms with E-state index in [4.69, 9.17) is 11.6 Å². The Hall–Kier alpha value is -1.57. The highest BCUT2D eigenvalue weighted by molar-refractivity contribution is 9.11. The van der Waals surface area contributed by atoms with Crippen molar-refractivity contribution in [3.05, 3.63) is 71.5 Å². The molecule has 4 nitrogen and oxygen atoms in total. The van der Waals surface area contributed by atoms with Gasteiger partial charge in [-0.2, -0.15) is 26.3 Å². The second-order valence-corrected chi connectivity index (χ2v) is 11.2. The number of nitrogens with one attached hydrogen (secondary N) is 2. The van der Waals surface area contributed by atoms with Crippen LogP contribution in [0.3, 0.4) is 0 Å². The Labute approximate surface area is 237 Å². The molecule has 1 saturated carbocycles. The second kappa shape index (κ2) is 11.3. The zero-order chi connectivity index (χ0) is 27.8. The van der Waals surface area contributed by atoms with Gasteiger partial charge in [-0.25, -0.2) is 0 Å². The van der Waals surface area contributed by atoms with Crippen molar-refractivity contribution >= 4 is 77.3 Å². The first-order valence-corrected chi connectivity index (χ1v) is 13.1. The highest BCUT2D eigenvalue weighted by Gasteiger charge is 2.52. The maximum Gasteiger partial charge on any atom is 0.405 e. The average molecular weight is 742 g/mol. The summed E-state index contributed by atoms with van der Waals surface area (Å²) in [5, 5.41) is 4.45.